The van der Waals surface area contributed by atoms with Crippen LogP contribution in [-0.2, 0) is 0 Å². The lowest BCUT2D eigenvalue weighted by molar-refractivity contribution is 0.161. The number of allylic oxidation sites excluding steroid dienone is 1. The third-order valence-corrected chi connectivity index (χ3v) is 3.06. The standard InChI is InChI=1S/C12H24N2/c1-4-6-8-14-9-7-12(13-5-2)11(3)10-14/h4,6,11-13H,5,7-10H2,1-3H3/b6-4+. The van der Waals surface area contributed by atoms with Crippen molar-refractivity contribution in [2.75, 3.05) is 26.2 Å². The van der Waals surface area contributed by atoms with E-state index in [-0.39, 0.29) is 0 Å². The molecule has 0 aliphatic carbocycles. The van der Waals surface area contributed by atoms with Gasteiger partial charge in [0, 0.05) is 19.1 Å². The summed E-state index contributed by atoms with van der Waals surface area (Å²) in [5, 5.41) is 3.57. The maximum Gasteiger partial charge on any atom is 0.0163 e. The van der Waals surface area contributed by atoms with Gasteiger partial charge in [-0.25, -0.2) is 0 Å². The average Bonchev–Trinajstić information content (AvgIpc) is 2.19. The molecule has 2 unspecified atom stereocenters. The van der Waals surface area contributed by atoms with Crippen molar-refractivity contribution >= 4 is 0 Å². The molecule has 2 heteroatoms. The summed E-state index contributed by atoms with van der Waals surface area (Å²) >= 11 is 0. The summed E-state index contributed by atoms with van der Waals surface area (Å²) in [5.74, 6) is 0.786. The van der Waals surface area contributed by atoms with Crippen molar-refractivity contribution in [1.29, 1.82) is 0 Å². The van der Waals surface area contributed by atoms with Crippen LogP contribution in [0.3, 0.4) is 0 Å². The minimum absolute atomic E-state index is 0.738. The molecule has 1 saturated heterocycles. The van der Waals surface area contributed by atoms with Crippen molar-refractivity contribution in [2.45, 2.75) is 33.2 Å². The highest BCUT2D eigenvalue weighted by molar-refractivity contribution is 4.87. The molecule has 0 aromatic rings. The van der Waals surface area contributed by atoms with Gasteiger partial charge in [0.1, 0.15) is 0 Å². The Balaban J connectivity index is 2.30. The SMILES string of the molecule is C/C=C/CN1CCC(NCC)C(C)C1. The lowest BCUT2D eigenvalue weighted by atomic mass is 9.94. The van der Waals surface area contributed by atoms with Crippen LogP contribution in [0.1, 0.15) is 27.2 Å². The van der Waals surface area contributed by atoms with Gasteiger partial charge in [0.25, 0.3) is 0 Å². The first kappa shape index (κ1) is 11.7. The van der Waals surface area contributed by atoms with Gasteiger partial charge in [-0.2, -0.15) is 0 Å². The Morgan fingerprint density at radius 3 is 2.86 bits per heavy atom. The molecule has 0 amide bonds. The van der Waals surface area contributed by atoms with E-state index in [1.54, 1.807) is 0 Å². The summed E-state index contributed by atoms with van der Waals surface area (Å²) in [4.78, 5) is 2.54. The molecule has 14 heavy (non-hydrogen) atoms. The van der Waals surface area contributed by atoms with Crippen LogP contribution in [0.4, 0.5) is 0 Å². The lowest BCUT2D eigenvalue weighted by Crippen LogP contribution is -2.48. The van der Waals surface area contributed by atoms with E-state index in [9.17, 15) is 0 Å². The number of likely N-dealkylation sites (tertiary alicyclic amines) is 1. The van der Waals surface area contributed by atoms with E-state index in [0.29, 0.717) is 0 Å². The summed E-state index contributed by atoms with van der Waals surface area (Å²) in [6.07, 6.45) is 5.69. The first-order valence-corrected chi connectivity index (χ1v) is 5.84. The largest absolute Gasteiger partial charge is 0.314 e. The van der Waals surface area contributed by atoms with Crippen LogP contribution in [0.25, 0.3) is 0 Å². The molecular formula is C12H24N2. The predicted molar refractivity (Wildman–Crippen MR) is 62.5 cm³/mol. The van der Waals surface area contributed by atoms with Gasteiger partial charge < -0.3 is 5.32 Å². The van der Waals surface area contributed by atoms with Crippen LogP contribution in [0.15, 0.2) is 12.2 Å². The summed E-state index contributed by atoms with van der Waals surface area (Å²) in [6, 6.07) is 0.738. The molecule has 0 spiro atoms. The smallest absolute Gasteiger partial charge is 0.0163 e. The van der Waals surface area contributed by atoms with Crippen LogP contribution in [-0.4, -0.2) is 37.1 Å². The lowest BCUT2D eigenvalue weighted by Gasteiger charge is -2.36. The normalized spacial score (nSPS) is 29.9. The van der Waals surface area contributed by atoms with E-state index in [0.717, 1.165) is 25.0 Å². The molecule has 1 heterocycles. The van der Waals surface area contributed by atoms with E-state index in [2.05, 4.69) is 43.1 Å². The molecule has 0 aromatic carbocycles. The van der Waals surface area contributed by atoms with Gasteiger partial charge in [-0.1, -0.05) is 26.0 Å². The second kappa shape index (κ2) is 6.20. The summed E-state index contributed by atoms with van der Waals surface area (Å²) < 4.78 is 0. The molecule has 1 aliphatic heterocycles. The van der Waals surface area contributed by atoms with Crippen molar-refractivity contribution in [1.82, 2.24) is 10.2 Å². The van der Waals surface area contributed by atoms with Gasteiger partial charge in [0.2, 0.25) is 0 Å². The highest BCUT2D eigenvalue weighted by atomic mass is 15.1. The number of hydrogen-bond donors (Lipinski definition) is 1. The average molecular weight is 196 g/mol. The third kappa shape index (κ3) is 3.43. The van der Waals surface area contributed by atoms with Crippen LogP contribution >= 0.6 is 0 Å². The van der Waals surface area contributed by atoms with Crippen LogP contribution in [0, 0.1) is 5.92 Å². The Bertz CT molecular complexity index is 177. The molecule has 0 saturated carbocycles. The predicted octanol–water partition coefficient (Wildman–Crippen LogP) is 1.88. The summed E-state index contributed by atoms with van der Waals surface area (Å²) in [6.45, 7) is 11.3. The zero-order valence-corrected chi connectivity index (χ0v) is 9.79. The number of nitrogens with one attached hydrogen (secondary N) is 1. The Labute approximate surface area is 88.4 Å². The molecule has 1 fully saturated rings. The molecule has 1 aliphatic rings. The van der Waals surface area contributed by atoms with E-state index in [1.165, 1.54) is 19.5 Å². The minimum atomic E-state index is 0.738. The zero-order valence-electron chi connectivity index (χ0n) is 9.79. The number of rotatable bonds is 4. The van der Waals surface area contributed by atoms with Crippen molar-refractivity contribution in [2.24, 2.45) is 5.92 Å². The number of hydrogen-bond acceptors (Lipinski definition) is 2. The van der Waals surface area contributed by atoms with Gasteiger partial charge in [-0.15, -0.1) is 0 Å². The zero-order chi connectivity index (χ0) is 10.4. The quantitative estimate of drug-likeness (QED) is 0.691. The highest BCUT2D eigenvalue weighted by Gasteiger charge is 2.24. The molecule has 1 rings (SSSR count). The molecule has 0 bridgehead atoms. The number of piperidine rings is 1. The highest BCUT2D eigenvalue weighted by Crippen LogP contribution is 2.16. The van der Waals surface area contributed by atoms with E-state index < -0.39 is 0 Å². The topological polar surface area (TPSA) is 15.3 Å². The Morgan fingerprint density at radius 1 is 1.50 bits per heavy atom. The van der Waals surface area contributed by atoms with Crippen molar-refractivity contribution < 1.29 is 0 Å². The molecule has 2 atom stereocenters. The molecule has 0 radical (unpaired) electrons. The van der Waals surface area contributed by atoms with Crippen molar-refractivity contribution in [3.8, 4) is 0 Å². The van der Waals surface area contributed by atoms with E-state index in [1.807, 2.05) is 0 Å². The Kier molecular flexibility index (Phi) is 5.20. The minimum Gasteiger partial charge on any atom is -0.314 e. The molecular weight excluding hydrogens is 172 g/mol. The Morgan fingerprint density at radius 2 is 2.29 bits per heavy atom. The van der Waals surface area contributed by atoms with E-state index in [4.69, 9.17) is 0 Å². The summed E-state index contributed by atoms with van der Waals surface area (Å²) in [5.41, 5.74) is 0. The van der Waals surface area contributed by atoms with Gasteiger partial charge in [0.05, 0.1) is 0 Å². The molecule has 2 nitrogen and oxygen atoms in total. The maximum absolute atomic E-state index is 3.57. The van der Waals surface area contributed by atoms with Gasteiger partial charge >= 0.3 is 0 Å². The first-order valence-electron chi connectivity index (χ1n) is 5.84. The van der Waals surface area contributed by atoms with Gasteiger partial charge in [-0.3, -0.25) is 4.90 Å². The second-order valence-corrected chi connectivity index (χ2v) is 4.26. The fourth-order valence-corrected chi connectivity index (χ4v) is 2.22. The third-order valence-electron chi connectivity index (χ3n) is 3.06. The first-order chi connectivity index (χ1) is 6.77. The fraction of sp³-hybridized carbons (Fsp3) is 0.833. The number of nitrogens with zero attached hydrogens (tertiary/aromatic N) is 1. The fourth-order valence-electron chi connectivity index (χ4n) is 2.22. The van der Waals surface area contributed by atoms with E-state index >= 15 is 0 Å². The molecule has 82 valence electrons. The van der Waals surface area contributed by atoms with Crippen LogP contribution < -0.4 is 5.32 Å². The van der Waals surface area contributed by atoms with Crippen molar-refractivity contribution in [3.63, 3.8) is 0 Å². The second-order valence-electron chi connectivity index (χ2n) is 4.26. The van der Waals surface area contributed by atoms with Gasteiger partial charge in [-0.05, 0) is 32.4 Å². The maximum atomic E-state index is 3.57. The summed E-state index contributed by atoms with van der Waals surface area (Å²) in [7, 11) is 0. The van der Waals surface area contributed by atoms with Crippen LogP contribution in [0.2, 0.25) is 0 Å². The Hall–Kier alpha value is -0.340. The molecule has 0 aromatic heterocycles. The van der Waals surface area contributed by atoms with Gasteiger partial charge in [0.15, 0.2) is 0 Å². The monoisotopic (exact) mass is 196 g/mol. The van der Waals surface area contributed by atoms with Crippen LogP contribution in [0.5, 0.6) is 0 Å². The molecule has 1 N–H and O–H groups in total. The van der Waals surface area contributed by atoms with Crippen molar-refractivity contribution in [3.05, 3.63) is 12.2 Å².